The van der Waals surface area contributed by atoms with Crippen LogP contribution in [0.3, 0.4) is 0 Å². The molecule has 0 aliphatic rings. The average molecular weight is 396 g/mol. The van der Waals surface area contributed by atoms with Crippen LogP contribution in [-0.2, 0) is 0 Å². The summed E-state index contributed by atoms with van der Waals surface area (Å²) in [6.07, 6.45) is 0.970. The summed E-state index contributed by atoms with van der Waals surface area (Å²) in [6, 6.07) is 16.1. The van der Waals surface area contributed by atoms with E-state index < -0.39 is 0 Å². The molecular formula is C23H23ClFN3. The summed E-state index contributed by atoms with van der Waals surface area (Å²) in [4.78, 5) is 4.67. The number of aryl methyl sites for hydroxylation is 1. The number of benzene rings is 2. The molecule has 2 aromatic carbocycles. The molecule has 0 aliphatic carbocycles. The maximum atomic E-state index is 13.8. The van der Waals surface area contributed by atoms with E-state index in [0.29, 0.717) is 22.1 Å². The largest absolute Gasteiger partial charge is 0.385 e. The minimum absolute atomic E-state index is 0.311. The molecule has 0 spiro atoms. The van der Waals surface area contributed by atoms with Crippen LogP contribution in [0.1, 0.15) is 24.5 Å². The molecule has 0 saturated heterocycles. The Morgan fingerprint density at radius 2 is 1.93 bits per heavy atom. The number of halogens is 2. The first kappa shape index (κ1) is 19.9. The smallest absolute Gasteiger partial charge is 0.131 e. The first-order chi connectivity index (χ1) is 13.5. The Morgan fingerprint density at radius 3 is 2.68 bits per heavy atom. The maximum Gasteiger partial charge on any atom is 0.131 e. The van der Waals surface area contributed by atoms with Crippen LogP contribution < -0.4 is 10.6 Å². The number of aromatic nitrogens is 1. The molecule has 0 atom stereocenters. The fraction of sp³-hybridized carbons (Fsp3) is 0.174. The molecule has 0 saturated carbocycles. The van der Waals surface area contributed by atoms with Gasteiger partial charge in [0.05, 0.1) is 5.69 Å². The van der Waals surface area contributed by atoms with Crippen LogP contribution >= 0.6 is 11.6 Å². The van der Waals surface area contributed by atoms with E-state index in [1.54, 1.807) is 6.07 Å². The molecule has 1 heterocycles. The van der Waals surface area contributed by atoms with Crippen molar-refractivity contribution in [1.29, 1.82) is 0 Å². The topological polar surface area (TPSA) is 37.0 Å². The minimum atomic E-state index is -0.311. The van der Waals surface area contributed by atoms with Gasteiger partial charge in [-0.15, -0.1) is 0 Å². The molecule has 0 bridgehead atoms. The second-order valence-electron chi connectivity index (χ2n) is 6.62. The van der Waals surface area contributed by atoms with Gasteiger partial charge in [0.15, 0.2) is 0 Å². The van der Waals surface area contributed by atoms with Gasteiger partial charge in [-0.2, -0.15) is 0 Å². The second kappa shape index (κ2) is 8.89. The van der Waals surface area contributed by atoms with E-state index in [-0.39, 0.29) is 5.82 Å². The van der Waals surface area contributed by atoms with Crippen molar-refractivity contribution in [3.05, 3.63) is 83.1 Å². The van der Waals surface area contributed by atoms with Crippen LogP contribution in [0.15, 0.2) is 61.2 Å². The third-order valence-corrected chi connectivity index (χ3v) is 4.60. The fourth-order valence-corrected chi connectivity index (χ4v) is 3.17. The van der Waals surface area contributed by atoms with E-state index in [0.717, 1.165) is 35.5 Å². The molecule has 0 amide bonds. The summed E-state index contributed by atoms with van der Waals surface area (Å²) in [5.41, 5.74) is 4.74. The van der Waals surface area contributed by atoms with Crippen LogP contribution in [0.5, 0.6) is 0 Å². The molecule has 0 unspecified atom stereocenters. The molecule has 2 N–H and O–H groups in total. The van der Waals surface area contributed by atoms with E-state index in [9.17, 15) is 4.39 Å². The summed E-state index contributed by atoms with van der Waals surface area (Å²) in [5, 5.41) is 7.17. The zero-order valence-electron chi connectivity index (χ0n) is 16.0. The minimum Gasteiger partial charge on any atom is -0.385 e. The number of hydrogen-bond acceptors (Lipinski definition) is 3. The number of hydrogen-bond donors (Lipinski definition) is 2. The SMILES string of the molecule is C=C(Nc1cc(C)cc(-c2ccccc2Cl)n1)c1cc(F)ccc1NCCC. The van der Waals surface area contributed by atoms with Gasteiger partial charge >= 0.3 is 0 Å². The van der Waals surface area contributed by atoms with Crippen LogP contribution in [0.25, 0.3) is 17.0 Å². The lowest BCUT2D eigenvalue weighted by atomic mass is 10.1. The monoisotopic (exact) mass is 395 g/mol. The highest BCUT2D eigenvalue weighted by Gasteiger charge is 2.11. The standard InChI is InChI=1S/C23H23ClFN3/c1-4-11-26-21-10-9-17(25)14-19(21)16(3)27-23-13-15(2)12-22(28-23)18-7-5-6-8-20(18)24/h5-10,12-14,26H,3-4,11H2,1-2H3,(H,27,28). The molecule has 3 nitrogen and oxygen atoms in total. The van der Waals surface area contributed by atoms with Gasteiger partial charge in [-0.05, 0) is 55.3 Å². The lowest BCUT2D eigenvalue weighted by Crippen LogP contribution is -2.07. The van der Waals surface area contributed by atoms with Crippen LogP contribution in [0.4, 0.5) is 15.9 Å². The highest BCUT2D eigenvalue weighted by atomic mass is 35.5. The number of anilines is 2. The molecule has 0 fully saturated rings. The van der Waals surface area contributed by atoms with Gasteiger partial charge in [-0.3, -0.25) is 0 Å². The Morgan fingerprint density at radius 1 is 1.14 bits per heavy atom. The number of rotatable bonds is 7. The predicted octanol–water partition coefficient (Wildman–Crippen LogP) is 6.75. The summed E-state index contributed by atoms with van der Waals surface area (Å²) >= 11 is 6.32. The van der Waals surface area contributed by atoms with E-state index in [1.165, 1.54) is 12.1 Å². The average Bonchev–Trinajstić information content (AvgIpc) is 2.66. The Hall–Kier alpha value is -2.85. The summed E-state index contributed by atoms with van der Waals surface area (Å²) in [7, 11) is 0. The van der Waals surface area contributed by atoms with Crippen molar-refractivity contribution in [2.45, 2.75) is 20.3 Å². The molecule has 3 rings (SSSR count). The zero-order chi connectivity index (χ0) is 20.1. The highest BCUT2D eigenvalue weighted by molar-refractivity contribution is 6.33. The normalized spacial score (nSPS) is 10.6. The zero-order valence-corrected chi connectivity index (χ0v) is 16.8. The van der Waals surface area contributed by atoms with Crippen molar-refractivity contribution in [3.8, 4) is 11.3 Å². The summed E-state index contributed by atoms with van der Waals surface area (Å²) in [6.45, 7) is 8.96. The molecular weight excluding hydrogens is 373 g/mol. The van der Waals surface area contributed by atoms with Crippen molar-refractivity contribution >= 4 is 28.8 Å². The van der Waals surface area contributed by atoms with Gasteiger partial charge < -0.3 is 10.6 Å². The van der Waals surface area contributed by atoms with E-state index in [1.807, 2.05) is 43.3 Å². The first-order valence-corrected chi connectivity index (χ1v) is 9.59. The van der Waals surface area contributed by atoms with E-state index in [2.05, 4.69) is 29.1 Å². The molecule has 3 aromatic rings. The van der Waals surface area contributed by atoms with E-state index in [4.69, 9.17) is 11.6 Å². The first-order valence-electron chi connectivity index (χ1n) is 9.21. The summed E-state index contributed by atoms with van der Waals surface area (Å²) < 4.78 is 13.8. The van der Waals surface area contributed by atoms with Crippen LogP contribution in [-0.4, -0.2) is 11.5 Å². The quantitative estimate of drug-likeness (QED) is 0.464. The number of nitrogens with zero attached hydrogens (tertiary/aromatic N) is 1. The fourth-order valence-electron chi connectivity index (χ4n) is 2.94. The van der Waals surface area contributed by atoms with Gasteiger partial charge in [-0.1, -0.05) is 43.3 Å². The van der Waals surface area contributed by atoms with Gasteiger partial charge in [0.25, 0.3) is 0 Å². The predicted molar refractivity (Wildman–Crippen MR) is 117 cm³/mol. The molecule has 144 valence electrons. The van der Waals surface area contributed by atoms with Gasteiger partial charge in [0.1, 0.15) is 11.6 Å². The van der Waals surface area contributed by atoms with Crippen molar-refractivity contribution in [3.63, 3.8) is 0 Å². The molecule has 1 aromatic heterocycles. The Labute approximate surface area is 170 Å². The second-order valence-corrected chi connectivity index (χ2v) is 7.02. The summed E-state index contributed by atoms with van der Waals surface area (Å²) in [5.74, 6) is 0.319. The van der Waals surface area contributed by atoms with Gasteiger partial charge in [0.2, 0.25) is 0 Å². The van der Waals surface area contributed by atoms with Gasteiger partial charge in [-0.25, -0.2) is 9.37 Å². The molecule has 28 heavy (non-hydrogen) atoms. The Kier molecular flexibility index (Phi) is 6.32. The van der Waals surface area contributed by atoms with E-state index >= 15 is 0 Å². The van der Waals surface area contributed by atoms with Crippen molar-refractivity contribution in [2.75, 3.05) is 17.2 Å². The molecule has 0 aliphatic heterocycles. The third-order valence-electron chi connectivity index (χ3n) is 4.27. The molecule has 0 radical (unpaired) electrons. The lowest BCUT2D eigenvalue weighted by molar-refractivity contribution is 0.627. The third kappa shape index (κ3) is 4.70. The Balaban J connectivity index is 1.91. The molecule has 5 heteroatoms. The number of pyridine rings is 1. The van der Waals surface area contributed by atoms with Crippen molar-refractivity contribution in [2.24, 2.45) is 0 Å². The van der Waals surface area contributed by atoms with Gasteiger partial charge in [0, 0.05) is 34.1 Å². The Bertz CT molecular complexity index is 1000. The van der Waals surface area contributed by atoms with Crippen LogP contribution in [0.2, 0.25) is 5.02 Å². The maximum absolute atomic E-state index is 13.8. The highest BCUT2D eigenvalue weighted by Crippen LogP contribution is 2.30. The van der Waals surface area contributed by atoms with Crippen molar-refractivity contribution in [1.82, 2.24) is 4.98 Å². The lowest BCUT2D eigenvalue weighted by Gasteiger charge is -2.16. The van der Waals surface area contributed by atoms with Crippen molar-refractivity contribution < 1.29 is 4.39 Å². The number of nitrogens with one attached hydrogen (secondary N) is 2. The van der Waals surface area contributed by atoms with Crippen LogP contribution in [0, 0.1) is 12.7 Å².